The summed E-state index contributed by atoms with van der Waals surface area (Å²) in [6.45, 7) is 3.85. The van der Waals surface area contributed by atoms with E-state index in [0.29, 0.717) is 28.1 Å². The van der Waals surface area contributed by atoms with E-state index in [1.165, 1.54) is 18.2 Å². The molecule has 2 heterocycles. The van der Waals surface area contributed by atoms with E-state index in [2.05, 4.69) is 0 Å². The summed E-state index contributed by atoms with van der Waals surface area (Å²) >= 11 is 0. The minimum Gasteiger partial charge on any atom is -0.486 e. The number of rotatable bonds is 3. The molecule has 0 saturated heterocycles. The first-order valence-corrected chi connectivity index (χ1v) is 7.85. The molecule has 0 aliphatic carbocycles. The fourth-order valence-corrected chi connectivity index (χ4v) is 2.96. The highest BCUT2D eigenvalue weighted by Crippen LogP contribution is 2.26. The van der Waals surface area contributed by atoms with Crippen LogP contribution < -0.4 is 10.4 Å². The average molecular weight is 338 g/mol. The maximum absolute atomic E-state index is 13.5. The van der Waals surface area contributed by atoms with Crippen LogP contribution in [0.15, 0.2) is 56.1 Å². The molecule has 0 atom stereocenters. The molecule has 0 aliphatic heterocycles. The largest absolute Gasteiger partial charge is 0.486 e. The third-order valence-electron chi connectivity index (χ3n) is 4.12. The van der Waals surface area contributed by atoms with Crippen molar-refractivity contribution in [2.45, 2.75) is 20.5 Å². The highest BCUT2D eigenvalue weighted by molar-refractivity contribution is 5.82. The zero-order valence-corrected chi connectivity index (χ0v) is 13.8. The second-order valence-corrected chi connectivity index (χ2v) is 6.05. The fourth-order valence-electron chi connectivity index (χ4n) is 2.96. The first-order chi connectivity index (χ1) is 12.0. The zero-order valence-electron chi connectivity index (χ0n) is 13.8. The minimum atomic E-state index is -0.392. The van der Waals surface area contributed by atoms with E-state index in [1.54, 1.807) is 19.1 Å². The van der Waals surface area contributed by atoms with Crippen molar-refractivity contribution in [3.63, 3.8) is 0 Å². The first kappa shape index (κ1) is 15.4. The van der Waals surface area contributed by atoms with Crippen molar-refractivity contribution < 1.29 is 18.0 Å². The molecule has 0 amide bonds. The van der Waals surface area contributed by atoms with Crippen LogP contribution in [0.5, 0.6) is 5.75 Å². The summed E-state index contributed by atoms with van der Waals surface area (Å²) in [6, 6.07) is 11.4. The van der Waals surface area contributed by atoms with Gasteiger partial charge in [-0.15, -0.1) is 0 Å². The van der Waals surface area contributed by atoms with Gasteiger partial charge in [-0.3, -0.25) is 0 Å². The number of ether oxygens (including phenoxy) is 1. The van der Waals surface area contributed by atoms with Gasteiger partial charge in [0.1, 0.15) is 35.1 Å². The predicted octanol–water partition coefficient (Wildman–Crippen LogP) is 4.87. The predicted molar refractivity (Wildman–Crippen MR) is 92.5 cm³/mol. The smallest absolute Gasteiger partial charge is 0.336 e. The Kier molecular flexibility index (Phi) is 3.57. The molecule has 2 aromatic heterocycles. The Labute approximate surface area is 142 Å². The maximum atomic E-state index is 13.5. The van der Waals surface area contributed by atoms with Gasteiger partial charge in [-0.05, 0) is 55.3 Å². The van der Waals surface area contributed by atoms with Crippen LogP contribution in [0.3, 0.4) is 0 Å². The molecule has 4 nitrogen and oxygen atoms in total. The lowest BCUT2D eigenvalue weighted by Gasteiger charge is -2.06. The molecule has 0 unspecified atom stereocenters. The van der Waals surface area contributed by atoms with Crippen LogP contribution in [-0.2, 0) is 6.61 Å². The van der Waals surface area contributed by atoms with Gasteiger partial charge in [0.2, 0.25) is 0 Å². The topological polar surface area (TPSA) is 52.6 Å². The molecule has 25 heavy (non-hydrogen) atoms. The number of halogens is 1. The number of hydrogen-bond acceptors (Lipinski definition) is 4. The van der Waals surface area contributed by atoms with E-state index >= 15 is 0 Å². The zero-order chi connectivity index (χ0) is 17.6. The lowest BCUT2D eigenvalue weighted by Crippen LogP contribution is -1.98. The Morgan fingerprint density at radius 3 is 2.68 bits per heavy atom. The van der Waals surface area contributed by atoms with E-state index in [-0.39, 0.29) is 12.4 Å². The van der Waals surface area contributed by atoms with Gasteiger partial charge in [0.15, 0.2) is 0 Å². The second kappa shape index (κ2) is 5.77. The molecule has 0 fully saturated rings. The summed E-state index contributed by atoms with van der Waals surface area (Å²) < 4.78 is 30.1. The maximum Gasteiger partial charge on any atom is 0.336 e. The summed E-state index contributed by atoms with van der Waals surface area (Å²) in [7, 11) is 0. The first-order valence-electron chi connectivity index (χ1n) is 7.85. The molecule has 0 saturated carbocycles. The van der Waals surface area contributed by atoms with Gasteiger partial charge in [-0.25, -0.2) is 9.18 Å². The van der Waals surface area contributed by atoms with Crippen molar-refractivity contribution in [1.82, 2.24) is 0 Å². The number of furan rings is 1. The molecule has 0 N–H and O–H groups in total. The van der Waals surface area contributed by atoms with Gasteiger partial charge in [-0.1, -0.05) is 0 Å². The standard InChI is InChI=1S/C20H15FO4/c1-11-6-19(22)25-18-9-15(3-4-17(11)18)23-10-16-8-13-7-14(21)5-12(2)20(13)24-16/h3-9H,10H2,1-2H3. The van der Waals surface area contributed by atoms with Crippen LogP contribution in [-0.4, -0.2) is 0 Å². The Hall–Kier alpha value is -3.08. The van der Waals surface area contributed by atoms with E-state index < -0.39 is 5.63 Å². The second-order valence-electron chi connectivity index (χ2n) is 6.05. The molecule has 0 radical (unpaired) electrons. The molecule has 0 aliphatic rings. The highest BCUT2D eigenvalue weighted by Gasteiger charge is 2.10. The monoisotopic (exact) mass is 338 g/mol. The van der Waals surface area contributed by atoms with Crippen LogP contribution in [0.4, 0.5) is 4.39 Å². The third kappa shape index (κ3) is 2.89. The Morgan fingerprint density at radius 1 is 1.00 bits per heavy atom. The Morgan fingerprint density at radius 2 is 1.84 bits per heavy atom. The molecule has 4 rings (SSSR count). The van der Waals surface area contributed by atoms with E-state index in [0.717, 1.165) is 16.5 Å². The molecular formula is C20H15FO4. The quantitative estimate of drug-likeness (QED) is 0.500. The van der Waals surface area contributed by atoms with Gasteiger partial charge in [0, 0.05) is 22.9 Å². The summed E-state index contributed by atoms with van der Waals surface area (Å²) in [5.74, 6) is 0.859. The van der Waals surface area contributed by atoms with Crippen LogP contribution in [0.25, 0.3) is 21.9 Å². The summed E-state index contributed by atoms with van der Waals surface area (Å²) in [5, 5.41) is 1.57. The number of hydrogen-bond donors (Lipinski definition) is 0. The van der Waals surface area contributed by atoms with E-state index in [1.807, 2.05) is 19.1 Å². The average Bonchev–Trinajstić information content (AvgIpc) is 2.95. The summed E-state index contributed by atoms with van der Waals surface area (Å²) in [4.78, 5) is 11.5. The van der Waals surface area contributed by atoms with Crippen molar-refractivity contribution in [3.8, 4) is 5.75 Å². The lowest BCUT2D eigenvalue weighted by atomic mass is 10.1. The molecular weight excluding hydrogens is 323 g/mol. The molecule has 4 aromatic rings. The molecule has 2 aromatic carbocycles. The molecule has 126 valence electrons. The normalized spacial score (nSPS) is 11.3. The van der Waals surface area contributed by atoms with Gasteiger partial charge >= 0.3 is 5.63 Å². The number of aryl methyl sites for hydroxylation is 2. The lowest BCUT2D eigenvalue weighted by molar-refractivity contribution is 0.274. The Balaban J connectivity index is 1.62. The van der Waals surface area contributed by atoms with Crippen LogP contribution in [0.1, 0.15) is 16.9 Å². The molecule has 0 spiro atoms. The number of benzene rings is 2. The molecule has 5 heteroatoms. The summed E-state index contributed by atoms with van der Waals surface area (Å²) in [5.41, 5.74) is 2.33. The SMILES string of the molecule is Cc1cc(=O)oc2cc(OCc3cc4cc(F)cc(C)c4o3)ccc12. The fraction of sp³-hybridized carbons (Fsp3) is 0.150. The van der Waals surface area contributed by atoms with Gasteiger partial charge < -0.3 is 13.6 Å². The highest BCUT2D eigenvalue weighted by atomic mass is 19.1. The summed E-state index contributed by atoms with van der Waals surface area (Å²) in [6.07, 6.45) is 0. The van der Waals surface area contributed by atoms with E-state index in [4.69, 9.17) is 13.6 Å². The van der Waals surface area contributed by atoms with Gasteiger partial charge in [0.25, 0.3) is 0 Å². The van der Waals surface area contributed by atoms with Crippen LogP contribution in [0.2, 0.25) is 0 Å². The van der Waals surface area contributed by atoms with Crippen molar-refractivity contribution >= 4 is 21.9 Å². The van der Waals surface area contributed by atoms with Crippen molar-refractivity contribution in [1.29, 1.82) is 0 Å². The van der Waals surface area contributed by atoms with Crippen LogP contribution >= 0.6 is 0 Å². The van der Waals surface area contributed by atoms with E-state index in [9.17, 15) is 9.18 Å². The Bertz CT molecular complexity index is 1150. The van der Waals surface area contributed by atoms with Crippen molar-refractivity contribution in [2.75, 3.05) is 0 Å². The van der Waals surface area contributed by atoms with Crippen molar-refractivity contribution in [2.24, 2.45) is 0 Å². The third-order valence-corrected chi connectivity index (χ3v) is 4.12. The van der Waals surface area contributed by atoms with Crippen LogP contribution in [0, 0.1) is 19.7 Å². The van der Waals surface area contributed by atoms with Gasteiger partial charge in [0.05, 0.1) is 0 Å². The minimum absolute atomic E-state index is 0.192. The molecule has 0 bridgehead atoms. The van der Waals surface area contributed by atoms with Crippen molar-refractivity contribution in [3.05, 3.63) is 75.6 Å². The number of fused-ring (bicyclic) bond motifs is 2. The van der Waals surface area contributed by atoms with Gasteiger partial charge in [-0.2, -0.15) is 0 Å².